The Balaban J connectivity index is 1.33. The summed E-state index contributed by atoms with van der Waals surface area (Å²) in [4.78, 5) is 48.3. The standard InChI is InChI=1S/C24H20N4O7/c29-22(13-27-19-12-17(28(32)33)10-11-21(19)35-15-24(27)31)25-26-23(30)14-34-20-9-5-4-8-18(20)16-6-2-1-3-7-16/h1-12H,13-15H2,(H,25,29)(H,26,30). The summed E-state index contributed by atoms with van der Waals surface area (Å²) < 4.78 is 10.9. The molecule has 0 unspecified atom stereocenters. The Hall–Kier alpha value is -4.93. The molecule has 35 heavy (non-hydrogen) atoms. The second kappa shape index (κ2) is 10.3. The smallest absolute Gasteiger partial charge is 0.276 e. The Morgan fingerprint density at radius 3 is 2.49 bits per heavy atom. The lowest BCUT2D eigenvalue weighted by Crippen LogP contribution is -2.50. The van der Waals surface area contributed by atoms with Gasteiger partial charge in [-0.1, -0.05) is 48.5 Å². The number of hydrazine groups is 1. The maximum atomic E-state index is 12.4. The van der Waals surface area contributed by atoms with Crippen LogP contribution in [0.3, 0.4) is 0 Å². The van der Waals surface area contributed by atoms with Crippen molar-refractivity contribution >= 4 is 29.1 Å². The third-order valence-corrected chi connectivity index (χ3v) is 5.07. The summed E-state index contributed by atoms with van der Waals surface area (Å²) >= 11 is 0. The minimum atomic E-state index is -0.712. The number of rotatable bonds is 7. The fraction of sp³-hybridized carbons (Fsp3) is 0.125. The van der Waals surface area contributed by atoms with E-state index in [2.05, 4.69) is 10.9 Å². The number of para-hydroxylation sites is 1. The molecule has 11 heteroatoms. The molecule has 0 radical (unpaired) electrons. The molecule has 11 nitrogen and oxygen atoms in total. The summed E-state index contributed by atoms with van der Waals surface area (Å²) in [6.07, 6.45) is 0. The number of nitrogens with zero attached hydrogens (tertiary/aromatic N) is 2. The van der Waals surface area contributed by atoms with Gasteiger partial charge in [-0.05, 0) is 17.7 Å². The molecule has 0 aliphatic carbocycles. The number of carbonyl (C=O) groups excluding carboxylic acids is 3. The van der Waals surface area contributed by atoms with Crippen molar-refractivity contribution in [3.05, 3.63) is 82.9 Å². The summed E-state index contributed by atoms with van der Waals surface area (Å²) in [7, 11) is 0. The predicted octanol–water partition coefficient (Wildman–Crippen LogP) is 2.21. The van der Waals surface area contributed by atoms with Gasteiger partial charge in [-0.15, -0.1) is 0 Å². The number of nitro benzene ring substituents is 1. The average Bonchev–Trinajstić information content (AvgIpc) is 2.88. The van der Waals surface area contributed by atoms with E-state index in [9.17, 15) is 24.5 Å². The molecule has 3 amide bonds. The Morgan fingerprint density at radius 1 is 1.00 bits per heavy atom. The normalized spacial score (nSPS) is 12.2. The molecule has 0 saturated heterocycles. The number of benzene rings is 3. The topological polar surface area (TPSA) is 140 Å². The van der Waals surface area contributed by atoms with E-state index in [4.69, 9.17) is 9.47 Å². The van der Waals surface area contributed by atoms with Crippen LogP contribution in [0.1, 0.15) is 0 Å². The van der Waals surface area contributed by atoms with Crippen LogP contribution in [0.15, 0.2) is 72.8 Å². The maximum Gasteiger partial charge on any atom is 0.276 e. The van der Waals surface area contributed by atoms with Crippen LogP contribution in [0, 0.1) is 10.1 Å². The van der Waals surface area contributed by atoms with E-state index >= 15 is 0 Å². The molecule has 0 saturated carbocycles. The summed E-state index contributed by atoms with van der Waals surface area (Å²) in [5, 5.41) is 11.1. The third kappa shape index (κ3) is 5.53. The Kier molecular flexibility index (Phi) is 6.86. The first-order chi connectivity index (χ1) is 16.9. The Labute approximate surface area is 199 Å². The summed E-state index contributed by atoms with van der Waals surface area (Å²) in [6.45, 7) is -1.16. The minimum absolute atomic E-state index is 0.0952. The van der Waals surface area contributed by atoms with Crippen molar-refractivity contribution in [1.82, 2.24) is 10.9 Å². The van der Waals surface area contributed by atoms with Crippen molar-refractivity contribution in [3.63, 3.8) is 0 Å². The van der Waals surface area contributed by atoms with Crippen molar-refractivity contribution in [2.75, 3.05) is 24.7 Å². The van der Waals surface area contributed by atoms with Crippen LogP contribution < -0.4 is 25.2 Å². The first-order valence-corrected chi connectivity index (χ1v) is 10.5. The number of amides is 3. The minimum Gasteiger partial charge on any atom is -0.483 e. The third-order valence-electron chi connectivity index (χ3n) is 5.07. The highest BCUT2D eigenvalue weighted by molar-refractivity contribution is 6.02. The Morgan fingerprint density at radius 2 is 1.71 bits per heavy atom. The lowest BCUT2D eigenvalue weighted by Gasteiger charge is -2.28. The summed E-state index contributed by atoms with van der Waals surface area (Å²) in [6, 6.07) is 20.5. The number of carbonyl (C=O) groups is 3. The van der Waals surface area contributed by atoms with Crippen LogP contribution in [-0.4, -0.2) is 42.4 Å². The predicted molar refractivity (Wildman–Crippen MR) is 125 cm³/mol. The van der Waals surface area contributed by atoms with Crippen LogP contribution in [0.25, 0.3) is 11.1 Å². The molecule has 4 rings (SSSR count). The zero-order valence-corrected chi connectivity index (χ0v) is 18.3. The quantitative estimate of drug-likeness (QED) is 0.394. The molecule has 3 aromatic carbocycles. The number of hydrogen-bond donors (Lipinski definition) is 2. The lowest BCUT2D eigenvalue weighted by molar-refractivity contribution is -0.384. The van der Waals surface area contributed by atoms with Gasteiger partial charge in [-0.3, -0.25) is 40.2 Å². The molecule has 1 aliphatic heterocycles. The molecule has 0 spiro atoms. The molecule has 3 aromatic rings. The largest absolute Gasteiger partial charge is 0.483 e. The fourth-order valence-corrected chi connectivity index (χ4v) is 3.43. The van der Waals surface area contributed by atoms with E-state index in [0.717, 1.165) is 22.1 Å². The summed E-state index contributed by atoms with van der Waals surface area (Å²) in [5.74, 6) is -1.16. The van der Waals surface area contributed by atoms with E-state index in [1.54, 1.807) is 12.1 Å². The van der Waals surface area contributed by atoms with Crippen molar-refractivity contribution in [1.29, 1.82) is 0 Å². The van der Waals surface area contributed by atoms with Gasteiger partial charge in [-0.2, -0.15) is 0 Å². The second-order valence-electron chi connectivity index (χ2n) is 7.42. The fourth-order valence-electron chi connectivity index (χ4n) is 3.43. The maximum absolute atomic E-state index is 12.4. The van der Waals surface area contributed by atoms with Crippen molar-refractivity contribution < 1.29 is 28.8 Å². The SMILES string of the molecule is O=C(COc1ccccc1-c1ccccc1)NNC(=O)CN1C(=O)COc2ccc([N+](=O)[O-])cc21. The number of nitrogens with one attached hydrogen (secondary N) is 2. The van der Waals surface area contributed by atoms with E-state index in [-0.39, 0.29) is 30.3 Å². The van der Waals surface area contributed by atoms with Crippen LogP contribution in [0.4, 0.5) is 11.4 Å². The highest BCUT2D eigenvalue weighted by atomic mass is 16.6. The zero-order chi connectivity index (χ0) is 24.8. The molecule has 1 heterocycles. The van der Waals surface area contributed by atoms with Crippen LogP contribution in [-0.2, 0) is 14.4 Å². The molecule has 0 atom stereocenters. The van der Waals surface area contributed by atoms with Gasteiger partial charge >= 0.3 is 0 Å². The first kappa shape index (κ1) is 23.2. The second-order valence-corrected chi connectivity index (χ2v) is 7.42. The van der Waals surface area contributed by atoms with E-state index < -0.39 is 29.2 Å². The van der Waals surface area contributed by atoms with Gasteiger partial charge in [0.2, 0.25) is 0 Å². The van der Waals surface area contributed by atoms with Gasteiger partial charge in [0.05, 0.1) is 10.6 Å². The van der Waals surface area contributed by atoms with Gasteiger partial charge in [0.15, 0.2) is 13.2 Å². The molecule has 0 aromatic heterocycles. The van der Waals surface area contributed by atoms with Crippen LogP contribution in [0.5, 0.6) is 11.5 Å². The number of anilines is 1. The number of nitro groups is 1. The van der Waals surface area contributed by atoms with E-state index in [0.29, 0.717) is 5.75 Å². The van der Waals surface area contributed by atoms with E-state index in [1.165, 1.54) is 12.1 Å². The van der Waals surface area contributed by atoms with Gasteiger partial charge in [0.1, 0.15) is 18.0 Å². The number of fused-ring (bicyclic) bond motifs is 1. The lowest BCUT2D eigenvalue weighted by atomic mass is 10.1. The van der Waals surface area contributed by atoms with Gasteiger partial charge in [0, 0.05) is 17.7 Å². The molecule has 178 valence electrons. The molecule has 2 N–H and O–H groups in total. The number of ether oxygens (including phenoxy) is 2. The van der Waals surface area contributed by atoms with Crippen LogP contribution in [0.2, 0.25) is 0 Å². The van der Waals surface area contributed by atoms with E-state index in [1.807, 2.05) is 42.5 Å². The highest BCUT2D eigenvalue weighted by Crippen LogP contribution is 2.35. The highest BCUT2D eigenvalue weighted by Gasteiger charge is 2.29. The number of non-ortho nitro benzene ring substituents is 1. The molecule has 0 bridgehead atoms. The monoisotopic (exact) mass is 476 g/mol. The van der Waals surface area contributed by atoms with Gasteiger partial charge in [0.25, 0.3) is 23.4 Å². The average molecular weight is 476 g/mol. The summed E-state index contributed by atoms with van der Waals surface area (Å²) in [5.41, 5.74) is 6.01. The molecule has 0 fully saturated rings. The molecule has 1 aliphatic rings. The number of hydrogen-bond acceptors (Lipinski definition) is 7. The Bertz CT molecular complexity index is 1280. The van der Waals surface area contributed by atoms with Gasteiger partial charge < -0.3 is 9.47 Å². The molecular formula is C24H20N4O7. The van der Waals surface area contributed by atoms with Crippen molar-refractivity contribution in [3.8, 4) is 22.6 Å². The molecular weight excluding hydrogens is 456 g/mol. The van der Waals surface area contributed by atoms with Crippen molar-refractivity contribution in [2.45, 2.75) is 0 Å². The van der Waals surface area contributed by atoms with Crippen molar-refractivity contribution in [2.24, 2.45) is 0 Å². The van der Waals surface area contributed by atoms with Crippen LogP contribution >= 0.6 is 0 Å². The first-order valence-electron chi connectivity index (χ1n) is 10.5. The zero-order valence-electron chi connectivity index (χ0n) is 18.3. The van der Waals surface area contributed by atoms with Gasteiger partial charge in [-0.25, -0.2) is 0 Å².